The largest absolute Gasteiger partial charge is 0.496 e. The second-order valence-corrected chi connectivity index (χ2v) is 3.84. The Morgan fingerprint density at radius 1 is 1.50 bits per heavy atom. The van der Waals surface area contributed by atoms with Gasteiger partial charge >= 0.3 is 5.97 Å². The fourth-order valence-corrected chi connectivity index (χ4v) is 1.73. The molecule has 0 spiro atoms. The van der Waals surface area contributed by atoms with Crippen LogP contribution in [0.4, 0.5) is 4.39 Å². The molecule has 1 N–H and O–H groups in total. The maximum Gasteiger partial charge on any atom is 0.335 e. The van der Waals surface area contributed by atoms with Crippen molar-refractivity contribution in [3.05, 3.63) is 29.6 Å². The van der Waals surface area contributed by atoms with Gasteiger partial charge in [-0.1, -0.05) is 13.0 Å². The van der Waals surface area contributed by atoms with Crippen molar-refractivity contribution in [2.75, 3.05) is 13.7 Å². The SMILES string of the molecule is CCOC(=O)C(O)C(C)c1c(F)cccc1OC. The Hall–Kier alpha value is -1.62. The Morgan fingerprint density at radius 2 is 2.17 bits per heavy atom. The van der Waals surface area contributed by atoms with E-state index in [-0.39, 0.29) is 12.2 Å². The third-order valence-corrected chi connectivity index (χ3v) is 2.69. The van der Waals surface area contributed by atoms with E-state index >= 15 is 0 Å². The van der Waals surface area contributed by atoms with Gasteiger partial charge in [0.05, 0.1) is 13.7 Å². The van der Waals surface area contributed by atoms with E-state index in [1.807, 2.05) is 0 Å². The smallest absolute Gasteiger partial charge is 0.335 e. The van der Waals surface area contributed by atoms with Crippen LogP contribution in [0.2, 0.25) is 0 Å². The van der Waals surface area contributed by atoms with Crippen molar-refractivity contribution in [1.29, 1.82) is 0 Å². The van der Waals surface area contributed by atoms with Crippen LogP contribution in [0.15, 0.2) is 18.2 Å². The molecule has 100 valence electrons. The Kier molecular flexibility index (Phi) is 5.09. The Labute approximate surface area is 105 Å². The van der Waals surface area contributed by atoms with Gasteiger partial charge in [0.15, 0.2) is 6.10 Å². The van der Waals surface area contributed by atoms with E-state index in [2.05, 4.69) is 0 Å². The molecule has 5 heteroatoms. The topological polar surface area (TPSA) is 55.8 Å². The minimum atomic E-state index is -1.42. The average molecular weight is 256 g/mol. The van der Waals surface area contributed by atoms with E-state index in [9.17, 15) is 14.3 Å². The number of ether oxygens (including phenoxy) is 2. The molecule has 4 nitrogen and oxygen atoms in total. The number of hydrogen-bond donors (Lipinski definition) is 1. The van der Waals surface area contributed by atoms with Gasteiger partial charge in [0, 0.05) is 11.5 Å². The molecule has 1 rings (SSSR count). The van der Waals surface area contributed by atoms with Gasteiger partial charge in [0.25, 0.3) is 0 Å². The van der Waals surface area contributed by atoms with Crippen LogP contribution in [-0.4, -0.2) is 30.9 Å². The van der Waals surface area contributed by atoms with Crippen molar-refractivity contribution in [2.45, 2.75) is 25.9 Å². The summed E-state index contributed by atoms with van der Waals surface area (Å²) >= 11 is 0. The molecular formula is C13H17FO4. The van der Waals surface area contributed by atoms with Gasteiger partial charge in [-0.3, -0.25) is 0 Å². The Morgan fingerprint density at radius 3 is 2.72 bits per heavy atom. The number of aliphatic hydroxyl groups is 1. The fraction of sp³-hybridized carbons (Fsp3) is 0.462. The first-order valence-electron chi connectivity index (χ1n) is 5.70. The van der Waals surface area contributed by atoms with Gasteiger partial charge in [-0.15, -0.1) is 0 Å². The van der Waals surface area contributed by atoms with E-state index in [1.54, 1.807) is 19.9 Å². The normalized spacial score (nSPS) is 13.8. The summed E-state index contributed by atoms with van der Waals surface area (Å²) < 4.78 is 23.5. The monoisotopic (exact) mass is 256 g/mol. The van der Waals surface area contributed by atoms with Gasteiger partial charge in [-0.2, -0.15) is 0 Å². The van der Waals surface area contributed by atoms with Crippen molar-refractivity contribution in [3.8, 4) is 5.75 Å². The van der Waals surface area contributed by atoms with Crippen molar-refractivity contribution in [3.63, 3.8) is 0 Å². The lowest BCUT2D eigenvalue weighted by Gasteiger charge is -2.20. The number of halogens is 1. The lowest BCUT2D eigenvalue weighted by molar-refractivity contribution is -0.154. The van der Waals surface area contributed by atoms with Crippen LogP contribution in [0, 0.1) is 5.82 Å². The number of esters is 1. The van der Waals surface area contributed by atoms with Gasteiger partial charge in [-0.25, -0.2) is 9.18 Å². The molecule has 0 bridgehead atoms. The molecule has 0 aliphatic carbocycles. The van der Waals surface area contributed by atoms with Gasteiger partial charge < -0.3 is 14.6 Å². The summed E-state index contributed by atoms with van der Waals surface area (Å²) in [4.78, 5) is 11.4. The molecule has 0 heterocycles. The summed E-state index contributed by atoms with van der Waals surface area (Å²) in [5.74, 6) is -1.74. The maximum absolute atomic E-state index is 13.8. The zero-order valence-electron chi connectivity index (χ0n) is 10.6. The lowest BCUT2D eigenvalue weighted by atomic mass is 9.94. The molecule has 0 radical (unpaired) electrons. The summed E-state index contributed by atoms with van der Waals surface area (Å²) in [6.07, 6.45) is -1.42. The van der Waals surface area contributed by atoms with Crippen LogP contribution >= 0.6 is 0 Å². The highest BCUT2D eigenvalue weighted by Crippen LogP contribution is 2.31. The van der Waals surface area contributed by atoms with Crippen LogP contribution in [0.1, 0.15) is 25.3 Å². The van der Waals surface area contributed by atoms with Gasteiger partial charge in [-0.05, 0) is 19.1 Å². The molecule has 0 amide bonds. The summed E-state index contributed by atoms with van der Waals surface area (Å²) in [7, 11) is 1.40. The number of carbonyl (C=O) groups is 1. The van der Waals surface area contributed by atoms with Crippen LogP contribution in [0.5, 0.6) is 5.75 Å². The highest BCUT2D eigenvalue weighted by atomic mass is 19.1. The summed E-state index contributed by atoms with van der Waals surface area (Å²) in [5, 5.41) is 9.82. The van der Waals surface area contributed by atoms with E-state index in [0.717, 1.165) is 0 Å². The Bertz CT molecular complexity index is 419. The predicted molar refractivity (Wildman–Crippen MR) is 64.0 cm³/mol. The van der Waals surface area contributed by atoms with E-state index in [4.69, 9.17) is 9.47 Å². The highest BCUT2D eigenvalue weighted by molar-refractivity contribution is 5.75. The summed E-state index contributed by atoms with van der Waals surface area (Å²) in [5.41, 5.74) is 0.167. The lowest BCUT2D eigenvalue weighted by Crippen LogP contribution is -2.29. The summed E-state index contributed by atoms with van der Waals surface area (Å²) in [6.45, 7) is 3.35. The van der Waals surface area contributed by atoms with E-state index in [0.29, 0.717) is 5.75 Å². The molecule has 0 saturated heterocycles. The quantitative estimate of drug-likeness (QED) is 0.817. The molecular weight excluding hydrogens is 239 g/mol. The number of methoxy groups -OCH3 is 1. The Balaban J connectivity index is 3.02. The molecule has 0 fully saturated rings. The highest BCUT2D eigenvalue weighted by Gasteiger charge is 2.29. The van der Waals surface area contributed by atoms with Crippen molar-refractivity contribution < 1.29 is 23.8 Å². The first-order valence-corrected chi connectivity index (χ1v) is 5.70. The second kappa shape index (κ2) is 6.35. The maximum atomic E-state index is 13.8. The third kappa shape index (κ3) is 2.98. The zero-order valence-corrected chi connectivity index (χ0v) is 10.6. The molecule has 1 aromatic carbocycles. The minimum absolute atomic E-state index is 0.164. The third-order valence-electron chi connectivity index (χ3n) is 2.69. The number of aliphatic hydroxyl groups excluding tert-OH is 1. The molecule has 0 aliphatic heterocycles. The number of benzene rings is 1. The average Bonchev–Trinajstić information content (AvgIpc) is 2.36. The van der Waals surface area contributed by atoms with Crippen LogP contribution in [-0.2, 0) is 9.53 Å². The van der Waals surface area contributed by atoms with Crippen molar-refractivity contribution in [2.24, 2.45) is 0 Å². The molecule has 2 unspecified atom stereocenters. The number of hydrogen-bond acceptors (Lipinski definition) is 4. The molecule has 0 saturated carbocycles. The fourth-order valence-electron chi connectivity index (χ4n) is 1.73. The number of carbonyl (C=O) groups excluding carboxylic acids is 1. The molecule has 0 aromatic heterocycles. The standard InChI is InChI=1S/C13H17FO4/c1-4-18-13(16)12(15)8(2)11-9(14)6-5-7-10(11)17-3/h5-8,12,15H,4H2,1-3H3. The summed E-state index contributed by atoms with van der Waals surface area (Å²) in [6, 6.07) is 4.33. The van der Waals surface area contributed by atoms with Gasteiger partial charge in [0.1, 0.15) is 11.6 Å². The molecule has 2 atom stereocenters. The predicted octanol–water partition coefficient (Wildman–Crippen LogP) is 1.86. The molecule has 18 heavy (non-hydrogen) atoms. The molecule has 0 aliphatic rings. The van der Waals surface area contributed by atoms with Crippen LogP contribution in [0.3, 0.4) is 0 Å². The van der Waals surface area contributed by atoms with Crippen LogP contribution < -0.4 is 4.74 Å². The number of rotatable bonds is 5. The van der Waals surface area contributed by atoms with Crippen molar-refractivity contribution in [1.82, 2.24) is 0 Å². The van der Waals surface area contributed by atoms with Gasteiger partial charge in [0.2, 0.25) is 0 Å². The van der Waals surface area contributed by atoms with E-state index < -0.39 is 23.8 Å². The minimum Gasteiger partial charge on any atom is -0.496 e. The first kappa shape index (κ1) is 14.4. The van der Waals surface area contributed by atoms with Crippen LogP contribution in [0.25, 0.3) is 0 Å². The first-order chi connectivity index (χ1) is 8.52. The van der Waals surface area contributed by atoms with E-state index in [1.165, 1.54) is 19.2 Å². The van der Waals surface area contributed by atoms with Crippen molar-refractivity contribution >= 4 is 5.97 Å². The second-order valence-electron chi connectivity index (χ2n) is 3.84. The zero-order chi connectivity index (χ0) is 13.7. The molecule has 1 aromatic rings.